The third kappa shape index (κ3) is 6.16. The van der Waals surface area contributed by atoms with Crippen molar-refractivity contribution in [2.45, 2.75) is 13.3 Å². The van der Waals surface area contributed by atoms with Crippen LogP contribution in [0.1, 0.15) is 13.3 Å². The van der Waals surface area contributed by atoms with Crippen LogP contribution in [0.15, 0.2) is 0 Å². The summed E-state index contributed by atoms with van der Waals surface area (Å²) >= 11 is 5.05. The van der Waals surface area contributed by atoms with E-state index < -0.39 is 6.72 Å². The fraction of sp³-hybridized carbons (Fsp3) is 0.556. The Morgan fingerprint density at radius 1 is 1.14 bits per heavy atom. The van der Waals surface area contributed by atoms with Gasteiger partial charge in [-0.15, -0.1) is 12.8 Å². The van der Waals surface area contributed by atoms with E-state index in [-0.39, 0.29) is 13.2 Å². The van der Waals surface area contributed by atoms with Crippen molar-refractivity contribution in [3.8, 4) is 24.7 Å². The van der Waals surface area contributed by atoms with Crippen LogP contribution in [0.25, 0.3) is 0 Å². The van der Waals surface area contributed by atoms with E-state index in [0.29, 0.717) is 6.61 Å². The van der Waals surface area contributed by atoms with Crippen LogP contribution in [0.3, 0.4) is 0 Å². The molecule has 0 aliphatic rings. The zero-order chi connectivity index (χ0) is 10.9. The predicted octanol–water partition coefficient (Wildman–Crippen LogP) is 1.94. The van der Waals surface area contributed by atoms with Gasteiger partial charge in [-0.1, -0.05) is 18.8 Å². The molecule has 14 heavy (non-hydrogen) atoms. The molecule has 0 bridgehead atoms. The molecule has 0 amide bonds. The minimum Gasteiger partial charge on any atom is -0.309 e. The topological polar surface area (TPSA) is 27.7 Å². The summed E-state index contributed by atoms with van der Waals surface area (Å²) in [7, 11) is 0. The summed E-state index contributed by atoms with van der Waals surface area (Å²) in [6, 6.07) is 0. The molecule has 0 heterocycles. The number of hydrogen-bond acceptors (Lipinski definition) is 4. The van der Waals surface area contributed by atoms with E-state index in [1.807, 2.05) is 6.92 Å². The third-order valence-corrected chi connectivity index (χ3v) is 3.40. The lowest BCUT2D eigenvalue weighted by Gasteiger charge is -2.19. The maximum absolute atomic E-state index is 5.27. The zero-order valence-corrected chi connectivity index (χ0v) is 9.77. The Balaban J connectivity index is 4.13. The van der Waals surface area contributed by atoms with Crippen LogP contribution in [0.2, 0.25) is 0 Å². The highest BCUT2D eigenvalue weighted by Gasteiger charge is 2.19. The van der Waals surface area contributed by atoms with Crippen LogP contribution in [0.4, 0.5) is 0 Å². The van der Waals surface area contributed by atoms with E-state index >= 15 is 0 Å². The molecule has 3 nitrogen and oxygen atoms in total. The molecule has 0 aliphatic carbocycles. The Kier molecular flexibility index (Phi) is 7.80. The minimum atomic E-state index is -2.72. The first kappa shape index (κ1) is 13.7. The molecule has 0 rings (SSSR count). The summed E-state index contributed by atoms with van der Waals surface area (Å²) in [5, 5.41) is 0. The highest BCUT2D eigenvalue weighted by atomic mass is 32.5. The highest BCUT2D eigenvalue weighted by molar-refractivity contribution is 8.07. The van der Waals surface area contributed by atoms with E-state index in [0.717, 1.165) is 6.42 Å². The van der Waals surface area contributed by atoms with Gasteiger partial charge in [0.2, 0.25) is 0 Å². The van der Waals surface area contributed by atoms with Crippen LogP contribution in [-0.4, -0.2) is 19.8 Å². The summed E-state index contributed by atoms with van der Waals surface area (Å²) in [5.74, 6) is 4.61. The maximum atomic E-state index is 5.27. The molecule has 0 aliphatic heterocycles. The summed E-state index contributed by atoms with van der Waals surface area (Å²) in [6.45, 7) is -0.132. The molecule has 0 unspecified atom stereocenters. The molecule has 0 saturated heterocycles. The second-order valence-corrected chi connectivity index (χ2v) is 5.25. The standard InChI is InChI=1S/C9H13O3PS/c1-4-7-10-13(14,11-8-5-2)12-9-6-3/h1-2H,6-9H2,3H3. The Bertz CT molecular complexity index is 255. The zero-order valence-electron chi connectivity index (χ0n) is 8.06. The second-order valence-electron chi connectivity index (χ2n) is 2.24. The van der Waals surface area contributed by atoms with Gasteiger partial charge in [0.1, 0.15) is 13.2 Å². The van der Waals surface area contributed by atoms with Crippen molar-refractivity contribution in [2.75, 3.05) is 19.8 Å². The quantitative estimate of drug-likeness (QED) is 0.495. The molecule has 78 valence electrons. The lowest BCUT2D eigenvalue weighted by molar-refractivity contribution is 0.182. The lowest BCUT2D eigenvalue weighted by Crippen LogP contribution is -2.01. The second kappa shape index (κ2) is 8.00. The maximum Gasteiger partial charge on any atom is 0.329 e. The summed E-state index contributed by atoms with van der Waals surface area (Å²) in [4.78, 5) is 0. The lowest BCUT2D eigenvalue weighted by atomic mass is 10.5. The van der Waals surface area contributed by atoms with E-state index in [9.17, 15) is 0 Å². The van der Waals surface area contributed by atoms with Crippen molar-refractivity contribution in [1.29, 1.82) is 0 Å². The van der Waals surface area contributed by atoms with Crippen molar-refractivity contribution in [2.24, 2.45) is 0 Å². The molecule has 0 aromatic rings. The average molecular weight is 232 g/mol. The molecule has 0 N–H and O–H groups in total. The van der Waals surface area contributed by atoms with Crippen molar-refractivity contribution in [3.05, 3.63) is 0 Å². The van der Waals surface area contributed by atoms with E-state index in [4.69, 9.17) is 38.2 Å². The molecule has 0 atom stereocenters. The first-order chi connectivity index (χ1) is 6.68. The van der Waals surface area contributed by atoms with Gasteiger partial charge in [0.05, 0.1) is 6.61 Å². The number of terminal acetylenes is 2. The summed E-state index contributed by atoms with van der Waals surface area (Å²) in [5.41, 5.74) is 0. The Hall–Kier alpha value is -0.350. The third-order valence-electron chi connectivity index (χ3n) is 1.07. The molecule has 0 fully saturated rings. The van der Waals surface area contributed by atoms with Gasteiger partial charge >= 0.3 is 6.72 Å². The minimum absolute atomic E-state index is 0.0750. The van der Waals surface area contributed by atoms with Gasteiger partial charge in [-0.2, -0.15) is 0 Å². The average Bonchev–Trinajstić information content (AvgIpc) is 2.21. The van der Waals surface area contributed by atoms with Gasteiger partial charge in [-0.05, 0) is 18.2 Å². The van der Waals surface area contributed by atoms with Crippen LogP contribution < -0.4 is 0 Å². The molecule has 0 radical (unpaired) electrons. The number of hydrogen-bond donors (Lipinski definition) is 0. The van der Waals surface area contributed by atoms with Gasteiger partial charge in [0.25, 0.3) is 0 Å². The monoisotopic (exact) mass is 232 g/mol. The molecule has 5 heteroatoms. The SMILES string of the molecule is C#CCOP(=S)(OCC#C)OCCC. The molecule has 0 aromatic heterocycles. The molecular formula is C9H13O3PS. The van der Waals surface area contributed by atoms with Gasteiger partial charge < -0.3 is 4.52 Å². The van der Waals surface area contributed by atoms with Crippen molar-refractivity contribution < 1.29 is 13.6 Å². The summed E-state index contributed by atoms with van der Waals surface area (Å²) < 4.78 is 15.5. The van der Waals surface area contributed by atoms with Crippen molar-refractivity contribution in [3.63, 3.8) is 0 Å². The molecule has 0 spiro atoms. The van der Waals surface area contributed by atoms with Crippen molar-refractivity contribution >= 4 is 18.5 Å². The highest BCUT2D eigenvalue weighted by Crippen LogP contribution is 2.49. The normalized spacial score (nSPS) is 10.5. The Labute approximate surface area is 90.4 Å². The van der Waals surface area contributed by atoms with Gasteiger partial charge in [-0.3, -0.25) is 9.05 Å². The number of rotatable bonds is 7. The fourth-order valence-electron chi connectivity index (χ4n) is 0.548. The molecular weight excluding hydrogens is 219 g/mol. The van der Waals surface area contributed by atoms with Crippen LogP contribution >= 0.6 is 6.72 Å². The fourth-order valence-corrected chi connectivity index (χ4v) is 2.18. The molecule has 0 aromatic carbocycles. The largest absolute Gasteiger partial charge is 0.329 e. The van der Waals surface area contributed by atoms with Gasteiger partial charge in [0.15, 0.2) is 0 Å². The Morgan fingerprint density at radius 3 is 2.00 bits per heavy atom. The van der Waals surface area contributed by atoms with Crippen LogP contribution in [-0.2, 0) is 25.4 Å². The summed E-state index contributed by atoms with van der Waals surface area (Å²) in [6.07, 6.45) is 10.9. The van der Waals surface area contributed by atoms with Gasteiger partial charge in [0, 0.05) is 0 Å². The first-order valence-corrected chi connectivity index (χ1v) is 6.64. The van der Waals surface area contributed by atoms with Crippen LogP contribution in [0.5, 0.6) is 0 Å². The van der Waals surface area contributed by atoms with Crippen LogP contribution in [0, 0.1) is 24.7 Å². The van der Waals surface area contributed by atoms with E-state index in [2.05, 4.69) is 11.8 Å². The smallest absolute Gasteiger partial charge is 0.309 e. The Morgan fingerprint density at radius 2 is 1.64 bits per heavy atom. The van der Waals surface area contributed by atoms with E-state index in [1.165, 1.54) is 0 Å². The molecule has 0 saturated carbocycles. The van der Waals surface area contributed by atoms with Crippen molar-refractivity contribution in [1.82, 2.24) is 0 Å². The van der Waals surface area contributed by atoms with Gasteiger partial charge in [-0.25, -0.2) is 0 Å². The predicted molar refractivity (Wildman–Crippen MR) is 60.1 cm³/mol. The van der Waals surface area contributed by atoms with E-state index in [1.54, 1.807) is 0 Å². The first-order valence-electron chi connectivity index (χ1n) is 4.09.